The molecule has 0 saturated carbocycles. The van der Waals surface area contributed by atoms with Gasteiger partial charge in [-0.15, -0.1) is 0 Å². The third-order valence-corrected chi connectivity index (χ3v) is 4.52. The van der Waals surface area contributed by atoms with E-state index in [1.165, 1.54) is 12.1 Å². The molecule has 0 aromatic heterocycles. The average Bonchev–Trinajstić information content (AvgIpc) is 2.69. The number of halogens is 3. The maximum Gasteiger partial charge on any atom is 0.262 e. The molecule has 148 valence electrons. The third kappa shape index (κ3) is 5.79. The molecule has 1 N–H and O–H groups in total. The van der Waals surface area contributed by atoms with Crippen LogP contribution in [-0.4, -0.2) is 18.7 Å². The molecule has 0 atom stereocenters. The number of aliphatic imine (C=N–C) groups is 1. The van der Waals surface area contributed by atoms with Gasteiger partial charge in [-0.25, -0.2) is 4.39 Å². The maximum absolute atomic E-state index is 13.6. The van der Waals surface area contributed by atoms with Crippen molar-refractivity contribution in [3.05, 3.63) is 87.7 Å². The molecule has 1 amide bonds. The molecule has 0 fully saturated rings. The van der Waals surface area contributed by atoms with E-state index in [2.05, 4.69) is 10.3 Å². The van der Waals surface area contributed by atoms with E-state index in [-0.39, 0.29) is 12.3 Å². The second-order valence-electron chi connectivity index (χ2n) is 6.20. The molecule has 0 aliphatic heterocycles. The van der Waals surface area contributed by atoms with Crippen LogP contribution in [0, 0.1) is 12.7 Å². The lowest BCUT2D eigenvalue weighted by Crippen LogP contribution is -2.20. The summed E-state index contributed by atoms with van der Waals surface area (Å²) in [6.07, 6.45) is 1.67. The summed E-state index contributed by atoms with van der Waals surface area (Å²) in [5, 5.41) is 3.38. The molecule has 3 aromatic rings. The van der Waals surface area contributed by atoms with Crippen molar-refractivity contribution >= 4 is 46.7 Å². The first-order valence-corrected chi connectivity index (χ1v) is 9.45. The van der Waals surface area contributed by atoms with Gasteiger partial charge in [0.15, 0.2) is 6.61 Å². The Bertz CT molecular complexity index is 1070. The average molecular weight is 431 g/mol. The van der Waals surface area contributed by atoms with Crippen molar-refractivity contribution in [2.24, 2.45) is 4.99 Å². The normalized spacial score (nSPS) is 10.9. The van der Waals surface area contributed by atoms with Crippen molar-refractivity contribution in [2.75, 3.05) is 11.9 Å². The van der Waals surface area contributed by atoms with Gasteiger partial charge in [-0.1, -0.05) is 41.4 Å². The zero-order valence-corrected chi connectivity index (χ0v) is 17.0. The minimum atomic E-state index is -0.516. The van der Waals surface area contributed by atoms with Crippen molar-refractivity contribution in [1.82, 2.24) is 0 Å². The van der Waals surface area contributed by atoms with Crippen molar-refractivity contribution < 1.29 is 13.9 Å². The van der Waals surface area contributed by atoms with E-state index in [1.807, 2.05) is 13.0 Å². The fraction of sp³-hybridized carbons (Fsp3) is 0.0909. The van der Waals surface area contributed by atoms with E-state index < -0.39 is 11.7 Å². The molecule has 29 heavy (non-hydrogen) atoms. The SMILES string of the molecule is Cc1ccc(Cl)cc1N=Cc1ccc(OCC(=O)Nc2ccccc2F)c(Cl)c1. The number of para-hydroxylation sites is 1. The number of benzene rings is 3. The van der Waals surface area contributed by atoms with Gasteiger partial charge in [0, 0.05) is 11.2 Å². The molecular formula is C22H17Cl2FN2O2. The Balaban J connectivity index is 1.62. The van der Waals surface area contributed by atoms with Crippen LogP contribution in [0.2, 0.25) is 10.0 Å². The summed E-state index contributed by atoms with van der Waals surface area (Å²) in [6.45, 7) is 1.64. The summed E-state index contributed by atoms with van der Waals surface area (Å²) in [5.41, 5.74) is 2.61. The van der Waals surface area contributed by atoms with Crippen LogP contribution in [0.15, 0.2) is 65.7 Å². The highest BCUT2D eigenvalue weighted by Gasteiger charge is 2.09. The largest absolute Gasteiger partial charge is 0.482 e. The van der Waals surface area contributed by atoms with Gasteiger partial charge in [-0.3, -0.25) is 9.79 Å². The zero-order valence-electron chi connectivity index (χ0n) is 15.5. The highest BCUT2D eigenvalue weighted by atomic mass is 35.5. The molecular weight excluding hydrogens is 414 g/mol. The van der Waals surface area contributed by atoms with Crippen LogP contribution in [0.4, 0.5) is 15.8 Å². The summed E-state index contributed by atoms with van der Waals surface area (Å²) >= 11 is 12.2. The van der Waals surface area contributed by atoms with E-state index in [0.29, 0.717) is 15.8 Å². The van der Waals surface area contributed by atoms with E-state index in [1.54, 1.807) is 48.7 Å². The summed E-state index contributed by atoms with van der Waals surface area (Å²) in [4.78, 5) is 16.4. The molecule has 0 unspecified atom stereocenters. The maximum atomic E-state index is 13.6. The lowest BCUT2D eigenvalue weighted by atomic mass is 10.2. The topological polar surface area (TPSA) is 50.7 Å². The number of rotatable bonds is 6. The molecule has 7 heteroatoms. The van der Waals surface area contributed by atoms with Gasteiger partial charge in [0.05, 0.1) is 16.4 Å². The van der Waals surface area contributed by atoms with E-state index in [4.69, 9.17) is 27.9 Å². The minimum absolute atomic E-state index is 0.0927. The molecule has 0 heterocycles. The molecule has 0 aliphatic carbocycles. The number of hydrogen-bond acceptors (Lipinski definition) is 3. The van der Waals surface area contributed by atoms with Crippen LogP contribution < -0.4 is 10.1 Å². The molecule has 0 aliphatic rings. The Morgan fingerprint density at radius 2 is 1.93 bits per heavy atom. The molecule has 4 nitrogen and oxygen atoms in total. The number of nitrogens with one attached hydrogen (secondary N) is 1. The first kappa shape index (κ1) is 20.8. The summed E-state index contributed by atoms with van der Waals surface area (Å²) < 4.78 is 19.0. The summed E-state index contributed by atoms with van der Waals surface area (Å²) in [5.74, 6) is -0.669. The van der Waals surface area contributed by atoms with Gasteiger partial charge < -0.3 is 10.1 Å². The Morgan fingerprint density at radius 1 is 1.14 bits per heavy atom. The number of amides is 1. The van der Waals surface area contributed by atoms with Crippen LogP contribution in [0.1, 0.15) is 11.1 Å². The zero-order chi connectivity index (χ0) is 20.8. The second kappa shape index (κ2) is 9.54. The monoisotopic (exact) mass is 430 g/mol. The molecule has 0 saturated heterocycles. The van der Waals surface area contributed by atoms with Gasteiger partial charge in [0.1, 0.15) is 11.6 Å². The van der Waals surface area contributed by atoms with Gasteiger partial charge in [0.25, 0.3) is 5.91 Å². The lowest BCUT2D eigenvalue weighted by molar-refractivity contribution is -0.118. The number of aryl methyl sites for hydroxylation is 1. The fourth-order valence-electron chi connectivity index (χ4n) is 2.47. The predicted octanol–water partition coefficient (Wildman–Crippen LogP) is 6.21. The quantitative estimate of drug-likeness (QED) is 0.472. The van der Waals surface area contributed by atoms with Gasteiger partial charge >= 0.3 is 0 Å². The van der Waals surface area contributed by atoms with Crippen LogP contribution in [0.25, 0.3) is 0 Å². The number of ether oxygens (including phenoxy) is 1. The van der Waals surface area contributed by atoms with Crippen molar-refractivity contribution in [2.45, 2.75) is 6.92 Å². The van der Waals surface area contributed by atoms with Crippen molar-refractivity contribution in [3.8, 4) is 5.75 Å². The lowest BCUT2D eigenvalue weighted by Gasteiger charge is -2.09. The highest BCUT2D eigenvalue weighted by Crippen LogP contribution is 2.26. The molecule has 0 radical (unpaired) electrons. The standard InChI is InChI=1S/C22H17Cl2FN2O2/c1-14-6-8-16(23)11-20(14)26-12-15-7-9-21(17(24)10-15)29-13-22(28)27-19-5-3-2-4-18(19)25/h2-12H,13H2,1H3,(H,27,28). The number of anilines is 1. The minimum Gasteiger partial charge on any atom is -0.482 e. The van der Waals surface area contributed by atoms with E-state index in [9.17, 15) is 9.18 Å². The molecule has 0 spiro atoms. The first-order valence-electron chi connectivity index (χ1n) is 8.69. The van der Waals surface area contributed by atoms with E-state index in [0.717, 1.165) is 16.8 Å². The number of carbonyl (C=O) groups excluding carboxylic acids is 1. The van der Waals surface area contributed by atoms with E-state index >= 15 is 0 Å². The Morgan fingerprint density at radius 3 is 2.69 bits per heavy atom. The first-order chi connectivity index (χ1) is 13.9. The van der Waals surface area contributed by atoms with Crippen molar-refractivity contribution in [1.29, 1.82) is 0 Å². The third-order valence-electron chi connectivity index (χ3n) is 3.99. The number of nitrogens with zero attached hydrogens (tertiary/aromatic N) is 1. The van der Waals surface area contributed by atoms with Gasteiger partial charge in [0.2, 0.25) is 0 Å². The Hall–Kier alpha value is -2.89. The number of hydrogen-bond donors (Lipinski definition) is 1. The second-order valence-corrected chi connectivity index (χ2v) is 7.04. The molecule has 0 bridgehead atoms. The fourth-order valence-corrected chi connectivity index (χ4v) is 2.88. The van der Waals surface area contributed by atoms with Crippen LogP contribution in [0.3, 0.4) is 0 Å². The number of carbonyl (C=O) groups is 1. The van der Waals surface area contributed by atoms with Gasteiger partial charge in [-0.2, -0.15) is 0 Å². The summed E-state index contributed by atoms with van der Waals surface area (Å²) in [7, 11) is 0. The van der Waals surface area contributed by atoms with Crippen LogP contribution in [-0.2, 0) is 4.79 Å². The molecule has 3 aromatic carbocycles. The smallest absolute Gasteiger partial charge is 0.262 e. The van der Waals surface area contributed by atoms with Gasteiger partial charge in [-0.05, 0) is 60.5 Å². The highest BCUT2D eigenvalue weighted by molar-refractivity contribution is 6.32. The Labute approximate surface area is 177 Å². The van der Waals surface area contributed by atoms with Crippen molar-refractivity contribution in [3.63, 3.8) is 0 Å². The molecule has 3 rings (SSSR count). The van der Waals surface area contributed by atoms with Crippen LogP contribution in [0.5, 0.6) is 5.75 Å². The van der Waals surface area contributed by atoms with Crippen LogP contribution >= 0.6 is 23.2 Å². The Kier molecular flexibility index (Phi) is 6.86. The summed E-state index contributed by atoms with van der Waals surface area (Å²) in [6, 6.07) is 16.5. The predicted molar refractivity (Wildman–Crippen MR) is 115 cm³/mol.